The number of hydrogen-bond acceptors (Lipinski definition) is 5. The predicted octanol–water partition coefficient (Wildman–Crippen LogP) is 2.93. The van der Waals surface area contributed by atoms with Crippen molar-refractivity contribution in [2.75, 3.05) is 13.7 Å². The van der Waals surface area contributed by atoms with Crippen molar-refractivity contribution in [2.45, 2.75) is 57.4 Å². The first-order chi connectivity index (χ1) is 16.0. The smallest absolute Gasteiger partial charge is 0.248 e. The van der Waals surface area contributed by atoms with E-state index in [9.17, 15) is 19.6 Å². The summed E-state index contributed by atoms with van der Waals surface area (Å²) in [7, 11) is 1.61. The number of nitrogens with zero attached hydrogens (tertiary/aromatic N) is 1. The Morgan fingerprint density at radius 3 is 2.79 bits per heavy atom. The van der Waals surface area contributed by atoms with Gasteiger partial charge in [-0.05, 0) is 49.3 Å². The third-order valence-electron chi connectivity index (χ3n) is 6.93. The quantitative estimate of drug-likeness (QED) is 0.571. The number of nitriles is 1. The topological polar surface area (TPSA) is 108 Å². The zero-order valence-electron chi connectivity index (χ0n) is 19.1. The summed E-state index contributed by atoms with van der Waals surface area (Å²) in [6.45, 7) is 0.673. The highest BCUT2D eigenvalue weighted by atomic mass is 16.5. The number of carbonyl (C=O) groups excluding carboxylic acids is 3. The molecular weight excluding hydrogens is 418 g/mol. The molecule has 1 saturated heterocycles. The SMILES string of the molecule is COc1cccc2c1C=C(C(=O)NC(CC1CC1)C(=O)C[C@H](C#N)C[C@@H]1CCCNC1=O)C2. The van der Waals surface area contributed by atoms with Gasteiger partial charge in [0.25, 0.3) is 0 Å². The molecule has 2 aliphatic carbocycles. The van der Waals surface area contributed by atoms with Gasteiger partial charge in [-0.3, -0.25) is 14.4 Å². The first kappa shape index (κ1) is 23.0. The monoisotopic (exact) mass is 449 g/mol. The molecule has 2 fully saturated rings. The molecule has 0 bridgehead atoms. The van der Waals surface area contributed by atoms with Gasteiger partial charge in [0.2, 0.25) is 11.8 Å². The van der Waals surface area contributed by atoms with E-state index in [1.54, 1.807) is 7.11 Å². The fourth-order valence-electron chi connectivity index (χ4n) is 4.84. The molecule has 4 rings (SSSR count). The number of amides is 2. The fourth-order valence-corrected chi connectivity index (χ4v) is 4.84. The number of hydrogen-bond donors (Lipinski definition) is 2. The Morgan fingerprint density at radius 1 is 1.27 bits per heavy atom. The van der Waals surface area contributed by atoms with Crippen molar-refractivity contribution in [2.24, 2.45) is 17.8 Å². The number of benzene rings is 1. The lowest BCUT2D eigenvalue weighted by Crippen LogP contribution is -2.43. The van der Waals surface area contributed by atoms with Crippen LogP contribution in [-0.2, 0) is 20.8 Å². The summed E-state index contributed by atoms with van der Waals surface area (Å²) in [5.41, 5.74) is 2.55. The summed E-state index contributed by atoms with van der Waals surface area (Å²) in [6, 6.07) is 7.36. The normalized spacial score (nSPS) is 21.2. The van der Waals surface area contributed by atoms with E-state index < -0.39 is 12.0 Å². The molecular formula is C26H31N3O4. The van der Waals surface area contributed by atoms with Crippen molar-refractivity contribution < 1.29 is 19.1 Å². The Balaban J connectivity index is 1.40. The van der Waals surface area contributed by atoms with Gasteiger partial charge in [-0.1, -0.05) is 25.0 Å². The van der Waals surface area contributed by atoms with Crippen LogP contribution in [0.15, 0.2) is 23.8 Å². The van der Waals surface area contributed by atoms with Gasteiger partial charge in [0.1, 0.15) is 5.75 Å². The Kier molecular flexibility index (Phi) is 7.12. The van der Waals surface area contributed by atoms with Gasteiger partial charge in [0.15, 0.2) is 5.78 Å². The second-order valence-corrected chi connectivity index (χ2v) is 9.45. The number of Topliss-reactive ketones (excluding diaryl/α,β-unsaturated/α-hetero) is 1. The molecule has 1 aromatic carbocycles. The van der Waals surface area contributed by atoms with E-state index in [2.05, 4.69) is 16.7 Å². The lowest BCUT2D eigenvalue weighted by Gasteiger charge is -2.24. The van der Waals surface area contributed by atoms with Gasteiger partial charge >= 0.3 is 0 Å². The predicted molar refractivity (Wildman–Crippen MR) is 123 cm³/mol. The molecule has 7 nitrogen and oxygen atoms in total. The molecule has 1 aliphatic heterocycles. The van der Waals surface area contributed by atoms with Crippen molar-refractivity contribution in [1.82, 2.24) is 10.6 Å². The molecule has 3 aliphatic rings. The molecule has 1 saturated carbocycles. The van der Waals surface area contributed by atoms with Crippen LogP contribution in [0.25, 0.3) is 6.08 Å². The standard InChI is InChI=1S/C26H31N3O4/c1-33-24-6-2-4-18-13-20(14-21(18)24)26(32)29-22(11-16-7-8-16)23(30)12-17(15-27)10-19-5-3-9-28-25(19)31/h2,4,6,14,16-17,19,22H,3,5,7-13H2,1H3,(H,28,31)(H,29,32)/t17-,19+,22?/m1/s1. The molecule has 3 atom stereocenters. The Hall–Kier alpha value is -3.14. The summed E-state index contributed by atoms with van der Waals surface area (Å²) in [5.74, 6) is 0.0383. The second-order valence-electron chi connectivity index (χ2n) is 9.45. The zero-order chi connectivity index (χ0) is 23.4. The van der Waals surface area contributed by atoms with Crippen molar-refractivity contribution in [3.8, 4) is 11.8 Å². The van der Waals surface area contributed by atoms with Crippen LogP contribution < -0.4 is 15.4 Å². The summed E-state index contributed by atoms with van der Waals surface area (Å²) >= 11 is 0. The number of ketones is 1. The zero-order valence-corrected chi connectivity index (χ0v) is 19.1. The molecule has 2 amide bonds. The Bertz CT molecular complexity index is 1010. The third kappa shape index (κ3) is 5.62. The van der Waals surface area contributed by atoms with E-state index in [-0.39, 0.29) is 29.9 Å². The average molecular weight is 450 g/mol. The van der Waals surface area contributed by atoms with Crippen LogP contribution in [0.4, 0.5) is 0 Å². The molecule has 0 spiro atoms. The van der Waals surface area contributed by atoms with Crippen LogP contribution in [0.1, 0.15) is 56.1 Å². The molecule has 0 aromatic heterocycles. The number of rotatable bonds is 10. The highest BCUT2D eigenvalue weighted by Gasteiger charge is 2.34. The molecule has 7 heteroatoms. The molecule has 33 heavy (non-hydrogen) atoms. The largest absolute Gasteiger partial charge is 0.496 e. The van der Waals surface area contributed by atoms with Gasteiger partial charge in [-0.25, -0.2) is 0 Å². The highest BCUT2D eigenvalue weighted by Crippen LogP contribution is 2.35. The number of nitrogens with one attached hydrogen (secondary N) is 2. The molecule has 0 radical (unpaired) electrons. The highest BCUT2D eigenvalue weighted by molar-refractivity contribution is 6.03. The first-order valence-corrected chi connectivity index (χ1v) is 11.9. The molecule has 1 aromatic rings. The van der Waals surface area contributed by atoms with E-state index in [1.807, 2.05) is 24.3 Å². The van der Waals surface area contributed by atoms with E-state index >= 15 is 0 Å². The summed E-state index contributed by atoms with van der Waals surface area (Å²) < 4.78 is 5.40. The maximum atomic E-state index is 13.2. The summed E-state index contributed by atoms with van der Waals surface area (Å²) in [6.07, 6.45) is 7.16. The van der Waals surface area contributed by atoms with Crippen molar-refractivity contribution >= 4 is 23.7 Å². The third-order valence-corrected chi connectivity index (χ3v) is 6.93. The maximum absolute atomic E-state index is 13.2. The van der Waals surface area contributed by atoms with Crippen LogP contribution in [-0.4, -0.2) is 37.3 Å². The van der Waals surface area contributed by atoms with Gasteiger partial charge in [-0.15, -0.1) is 0 Å². The molecule has 2 N–H and O–H groups in total. The Labute approximate surface area is 194 Å². The Morgan fingerprint density at radius 2 is 2.09 bits per heavy atom. The fraction of sp³-hybridized carbons (Fsp3) is 0.538. The lowest BCUT2D eigenvalue weighted by atomic mass is 9.85. The number of ether oxygens (including phenoxy) is 1. The lowest BCUT2D eigenvalue weighted by molar-refractivity contribution is -0.128. The first-order valence-electron chi connectivity index (χ1n) is 11.9. The van der Waals surface area contributed by atoms with Gasteiger partial charge in [0, 0.05) is 36.4 Å². The number of fused-ring (bicyclic) bond motifs is 1. The summed E-state index contributed by atoms with van der Waals surface area (Å²) in [4.78, 5) is 38.3. The van der Waals surface area contributed by atoms with Crippen molar-refractivity contribution in [1.29, 1.82) is 5.26 Å². The summed E-state index contributed by atoms with van der Waals surface area (Å²) in [5, 5.41) is 15.4. The second kappa shape index (κ2) is 10.2. The maximum Gasteiger partial charge on any atom is 0.248 e. The minimum absolute atomic E-state index is 0.0278. The number of methoxy groups -OCH3 is 1. The van der Waals surface area contributed by atoms with E-state index in [1.165, 1.54) is 0 Å². The van der Waals surface area contributed by atoms with Gasteiger partial charge in [-0.2, -0.15) is 5.26 Å². The van der Waals surface area contributed by atoms with Crippen LogP contribution in [0, 0.1) is 29.1 Å². The van der Waals surface area contributed by atoms with Gasteiger partial charge in [0.05, 0.1) is 25.1 Å². The number of carbonyl (C=O) groups is 3. The van der Waals surface area contributed by atoms with Crippen LogP contribution in [0.3, 0.4) is 0 Å². The van der Waals surface area contributed by atoms with Crippen LogP contribution in [0.2, 0.25) is 0 Å². The molecule has 174 valence electrons. The van der Waals surface area contributed by atoms with E-state index in [4.69, 9.17) is 4.74 Å². The van der Waals surface area contributed by atoms with Gasteiger partial charge < -0.3 is 15.4 Å². The molecule has 1 heterocycles. The van der Waals surface area contributed by atoms with Crippen LogP contribution >= 0.6 is 0 Å². The minimum Gasteiger partial charge on any atom is -0.496 e. The van der Waals surface area contributed by atoms with Crippen molar-refractivity contribution in [3.63, 3.8) is 0 Å². The van der Waals surface area contributed by atoms with Crippen LogP contribution in [0.5, 0.6) is 5.75 Å². The molecule has 1 unspecified atom stereocenters. The average Bonchev–Trinajstić information content (AvgIpc) is 3.53. The number of piperidine rings is 1. The van der Waals surface area contributed by atoms with Crippen molar-refractivity contribution in [3.05, 3.63) is 34.9 Å². The van der Waals surface area contributed by atoms with E-state index in [0.29, 0.717) is 37.3 Å². The van der Waals surface area contributed by atoms with E-state index in [0.717, 1.165) is 42.6 Å². The minimum atomic E-state index is -0.604.